The van der Waals surface area contributed by atoms with Crippen molar-refractivity contribution in [2.24, 2.45) is 0 Å². The minimum absolute atomic E-state index is 0.232. The number of aromatic nitrogens is 2. The van der Waals surface area contributed by atoms with E-state index in [0.29, 0.717) is 18.1 Å². The molecule has 0 radical (unpaired) electrons. The van der Waals surface area contributed by atoms with E-state index in [2.05, 4.69) is 27.5 Å². The summed E-state index contributed by atoms with van der Waals surface area (Å²) in [7, 11) is 0. The third-order valence-electron chi connectivity index (χ3n) is 2.82. The number of hydrogen-bond donors (Lipinski definition) is 2. The van der Waals surface area contributed by atoms with Crippen molar-refractivity contribution in [1.82, 2.24) is 15.3 Å². The third kappa shape index (κ3) is 4.52. The largest absolute Gasteiger partial charge is 0.351 e. The molecule has 0 fully saturated rings. The minimum Gasteiger partial charge on any atom is -0.351 e. The number of unbranched alkanes of at least 4 members (excludes halogenated alkanes) is 1. The van der Waals surface area contributed by atoms with E-state index in [9.17, 15) is 9.18 Å². The van der Waals surface area contributed by atoms with Crippen molar-refractivity contribution >= 4 is 17.4 Å². The van der Waals surface area contributed by atoms with Crippen LogP contribution in [-0.4, -0.2) is 22.4 Å². The van der Waals surface area contributed by atoms with Crippen molar-refractivity contribution in [1.29, 1.82) is 0 Å². The molecule has 0 spiro atoms. The molecule has 21 heavy (non-hydrogen) atoms. The maximum Gasteiger partial charge on any atom is 0.271 e. The average Bonchev–Trinajstić information content (AvgIpc) is 2.50. The highest BCUT2D eigenvalue weighted by atomic mass is 19.1. The van der Waals surface area contributed by atoms with E-state index < -0.39 is 0 Å². The predicted molar refractivity (Wildman–Crippen MR) is 79.0 cm³/mol. The molecule has 6 heteroatoms. The highest BCUT2D eigenvalue weighted by Gasteiger charge is 2.07. The zero-order valence-electron chi connectivity index (χ0n) is 11.8. The Kier molecular flexibility index (Phi) is 5.20. The van der Waals surface area contributed by atoms with Crippen molar-refractivity contribution < 1.29 is 9.18 Å². The summed E-state index contributed by atoms with van der Waals surface area (Å²) in [5.74, 6) is -0.0401. The molecule has 0 saturated carbocycles. The summed E-state index contributed by atoms with van der Waals surface area (Å²) in [5, 5.41) is 5.75. The molecule has 0 atom stereocenters. The summed E-state index contributed by atoms with van der Waals surface area (Å²) in [4.78, 5) is 19.9. The van der Waals surface area contributed by atoms with Gasteiger partial charge in [0, 0.05) is 12.2 Å². The van der Waals surface area contributed by atoms with E-state index in [4.69, 9.17) is 0 Å². The molecule has 2 N–H and O–H groups in total. The van der Waals surface area contributed by atoms with Crippen LogP contribution in [0.25, 0.3) is 0 Å². The van der Waals surface area contributed by atoms with Gasteiger partial charge >= 0.3 is 0 Å². The Hall–Kier alpha value is -2.50. The van der Waals surface area contributed by atoms with Crippen LogP contribution in [0.2, 0.25) is 0 Å². The third-order valence-corrected chi connectivity index (χ3v) is 2.82. The standard InChI is InChI=1S/C15H17FN4O/c1-2-3-8-17-15(21)13-9-19-14(10-18-13)20-12-6-4-11(16)5-7-12/h4-7,9-10H,2-3,8H2,1H3,(H,17,21)(H,19,20). The summed E-state index contributed by atoms with van der Waals surface area (Å²) in [6.45, 7) is 2.69. The normalized spacial score (nSPS) is 10.2. The molecule has 1 aromatic heterocycles. The fourth-order valence-electron chi connectivity index (χ4n) is 1.66. The van der Waals surface area contributed by atoms with Crippen LogP contribution < -0.4 is 10.6 Å². The van der Waals surface area contributed by atoms with Crippen LogP contribution >= 0.6 is 0 Å². The molecule has 0 aliphatic carbocycles. The Morgan fingerprint density at radius 1 is 1.19 bits per heavy atom. The summed E-state index contributed by atoms with van der Waals surface area (Å²) >= 11 is 0. The lowest BCUT2D eigenvalue weighted by Gasteiger charge is -2.06. The first-order chi connectivity index (χ1) is 10.2. The lowest BCUT2D eigenvalue weighted by Crippen LogP contribution is -2.25. The Labute approximate surface area is 122 Å². The number of benzene rings is 1. The van der Waals surface area contributed by atoms with E-state index >= 15 is 0 Å². The van der Waals surface area contributed by atoms with Gasteiger partial charge in [-0.05, 0) is 30.7 Å². The number of anilines is 2. The van der Waals surface area contributed by atoms with Crippen molar-refractivity contribution in [3.63, 3.8) is 0 Å². The molecule has 1 heterocycles. The van der Waals surface area contributed by atoms with Crippen molar-refractivity contribution in [2.75, 3.05) is 11.9 Å². The molecule has 1 aromatic carbocycles. The lowest BCUT2D eigenvalue weighted by atomic mass is 10.3. The lowest BCUT2D eigenvalue weighted by molar-refractivity contribution is 0.0948. The average molecular weight is 288 g/mol. The first-order valence-electron chi connectivity index (χ1n) is 6.82. The molecule has 0 unspecified atom stereocenters. The van der Waals surface area contributed by atoms with Gasteiger partial charge in [0.05, 0.1) is 12.4 Å². The quantitative estimate of drug-likeness (QED) is 0.802. The van der Waals surface area contributed by atoms with E-state index in [0.717, 1.165) is 12.8 Å². The SMILES string of the molecule is CCCCNC(=O)c1cnc(Nc2ccc(F)cc2)cn1. The van der Waals surface area contributed by atoms with Gasteiger partial charge in [-0.1, -0.05) is 13.3 Å². The maximum absolute atomic E-state index is 12.8. The number of hydrogen-bond acceptors (Lipinski definition) is 4. The van der Waals surface area contributed by atoms with Gasteiger partial charge in [-0.15, -0.1) is 0 Å². The molecule has 2 aromatic rings. The number of rotatable bonds is 6. The summed E-state index contributed by atoms with van der Waals surface area (Å²) < 4.78 is 12.8. The van der Waals surface area contributed by atoms with Gasteiger partial charge in [0.2, 0.25) is 0 Å². The zero-order chi connectivity index (χ0) is 15.1. The van der Waals surface area contributed by atoms with Gasteiger partial charge in [-0.25, -0.2) is 14.4 Å². The van der Waals surface area contributed by atoms with E-state index in [1.807, 2.05) is 0 Å². The zero-order valence-corrected chi connectivity index (χ0v) is 11.8. The highest BCUT2D eigenvalue weighted by Crippen LogP contribution is 2.13. The number of halogens is 1. The predicted octanol–water partition coefficient (Wildman–Crippen LogP) is 2.89. The number of carbonyl (C=O) groups is 1. The summed E-state index contributed by atoms with van der Waals surface area (Å²) in [6, 6.07) is 5.90. The Bertz CT molecular complexity index is 584. The van der Waals surface area contributed by atoms with Gasteiger partial charge in [0.1, 0.15) is 17.3 Å². The van der Waals surface area contributed by atoms with Crippen molar-refractivity contribution in [2.45, 2.75) is 19.8 Å². The van der Waals surface area contributed by atoms with Crippen LogP contribution in [0, 0.1) is 5.82 Å². The van der Waals surface area contributed by atoms with Crippen LogP contribution in [0.4, 0.5) is 15.9 Å². The fourth-order valence-corrected chi connectivity index (χ4v) is 1.66. The van der Waals surface area contributed by atoms with E-state index in [1.54, 1.807) is 12.1 Å². The molecule has 5 nitrogen and oxygen atoms in total. The minimum atomic E-state index is -0.300. The molecule has 0 aliphatic rings. The monoisotopic (exact) mass is 288 g/mol. The number of carbonyl (C=O) groups excluding carboxylic acids is 1. The topological polar surface area (TPSA) is 66.9 Å². The van der Waals surface area contributed by atoms with Crippen LogP contribution in [-0.2, 0) is 0 Å². The first kappa shape index (κ1) is 14.9. The van der Waals surface area contributed by atoms with Crippen LogP contribution in [0.5, 0.6) is 0 Å². The van der Waals surface area contributed by atoms with Gasteiger partial charge < -0.3 is 10.6 Å². The molecule has 0 saturated heterocycles. The number of nitrogens with one attached hydrogen (secondary N) is 2. The second-order valence-corrected chi connectivity index (χ2v) is 4.53. The van der Waals surface area contributed by atoms with Crippen molar-refractivity contribution in [3.8, 4) is 0 Å². The fraction of sp³-hybridized carbons (Fsp3) is 0.267. The second-order valence-electron chi connectivity index (χ2n) is 4.53. The van der Waals surface area contributed by atoms with E-state index in [1.165, 1.54) is 24.5 Å². The van der Waals surface area contributed by atoms with Crippen molar-refractivity contribution in [3.05, 3.63) is 48.2 Å². The molecule has 0 bridgehead atoms. The van der Waals surface area contributed by atoms with Crippen LogP contribution in [0.1, 0.15) is 30.3 Å². The summed E-state index contributed by atoms with van der Waals surface area (Å²) in [6.07, 6.45) is 4.83. The summed E-state index contributed by atoms with van der Waals surface area (Å²) in [5.41, 5.74) is 0.974. The smallest absolute Gasteiger partial charge is 0.271 e. The molecule has 0 aliphatic heterocycles. The molecule has 1 amide bonds. The number of amides is 1. The Balaban J connectivity index is 1.95. The van der Waals surface area contributed by atoms with Gasteiger partial charge in [-0.2, -0.15) is 0 Å². The Morgan fingerprint density at radius 3 is 2.57 bits per heavy atom. The second kappa shape index (κ2) is 7.33. The van der Waals surface area contributed by atoms with Gasteiger partial charge in [-0.3, -0.25) is 4.79 Å². The van der Waals surface area contributed by atoms with Gasteiger partial charge in [0.15, 0.2) is 0 Å². The van der Waals surface area contributed by atoms with E-state index in [-0.39, 0.29) is 17.4 Å². The molecular weight excluding hydrogens is 271 g/mol. The Morgan fingerprint density at radius 2 is 1.95 bits per heavy atom. The number of nitrogens with zero attached hydrogens (tertiary/aromatic N) is 2. The molecule has 110 valence electrons. The maximum atomic E-state index is 12.8. The first-order valence-corrected chi connectivity index (χ1v) is 6.82. The highest BCUT2D eigenvalue weighted by molar-refractivity contribution is 5.92. The van der Waals surface area contributed by atoms with Crippen LogP contribution in [0.15, 0.2) is 36.7 Å². The van der Waals surface area contributed by atoms with Crippen LogP contribution in [0.3, 0.4) is 0 Å². The van der Waals surface area contributed by atoms with Gasteiger partial charge in [0.25, 0.3) is 5.91 Å². The molecule has 2 rings (SSSR count). The molecular formula is C15H17FN4O.